The maximum Gasteiger partial charge on any atom is 0.242 e. The number of nitrogens with zero attached hydrogens (tertiary/aromatic N) is 2. The molecule has 0 fully saturated rings. The monoisotopic (exact) mass is 386 g/mol. The molecule has 0 unspecified atom stereocenters. The first-order chi connectivity index (χ1) is 13.0. The van der Waals surface area contributed by atoms with Gasteiger partial charge in [0.05, 0.1) is 6.54 Å². The Morgan fingerprint density at radius 2 is 1.74 bits per heavy atom. The number of carbonyl (C=O) groups excluding carboxylic acids is 2. The van der Waals surface area contributed by atoms with E-state index in [4.69, 9.17) is 0 Å². The van der Waals surface area contributed by atoms with Crippen LogP contribution in [0.15, 0.2) is 47.8 Å². The van der Waals surface area contributed by atoms with E-state index in [2.05, 4.69) is 6.92 Å². The lowest BCUT2D eigenvalue weighted by molar-refractivity contribution is -0.143. The zero-order chi connectivity index (χ0) is 19.6. The molecule has 1 heterocycles. The van der Waals surface area contributed by atoms with Gasteiger partial charge >= 0.3 is 0 Å². The van der Waals surface area contributed by atoms with Crippen LogP contribution >= 0.6 is 11.3 Å². The molecule has 1 atom stereocenters. The Bertz CT molecular complexity index is 700. The van der Waals surface area contributed by atoms with E-state index in [0.717, 1.165) is 23.3 Å². The second kappa shape index (κ2) is 10.9. The van der Waals surface area contributed by atoms with Gasteiger partial charge in [-0.2, -0.15) is 0 Å². The Labute approximate surface area is 166 Å². The van der Waals surface area contributed by atoms with Crippen LogP contribution in [0.2, 0.25) is 0 Å². The molecule has 0 N–H and O–H groups in total. The SMILES string of the molecule is CCCC(=O)N(CC(=O)N(Cc1ccccc1)Cc1cccs1)[C@@H](C)CC. The molecule has 2 aromatic rings. The van der Waals surface area contributed by atoms with Crippen molar-refractivity contribution in [1.82, 2.24) is 9.80 Å². The third-order valence-corrected chi connectivity index (χ3v) is 5.57. The molecule has 146 valence electrons. The summed E-state index contributed by atoms with van der Waals surface area (Å²) in [6.07, 6.45) is 2.12. The van der Waals surface area contributed by atoms with Gasteiger partial charge in [0.1, 0.15) is 6.54 Å². The number of amides is 2. The van der Waals surface area contributed by atoms with Crippen LogP contribution in [0.4, 0.5) is 0 Å². The first kappa shape index (κ1) is 21.2. The minimum absolute atomic E-state index is 0.00277. The highest BCUT2D eigenvalue weighted by Crippen LogP contribution is 2.16. The Hall–Kier alpha value is -2.14. The highest BCUT2D eigenvalue weighted by atomic mass is 32.1. The summed E-state index contributed by atoms with van der Waals surface area (Å²) in [6, 6.07) is 14.1. The zero-order valence-corrected chi connectivity index (χ0v) is 17.4. The topological polar surface area (TPSA) is 40.6 Å². The van der Waals surface area contributed by atoms with Crippen molar-refractivity contribution in [3.05, 3.63) is 58.3 Å². The highest BCUT2D eigenvalue weighted by molar-refractivity contribution is 7.09. The van der Waals surface area contributed by atoms with Crippen molar-refractivity contribution in [2.24, 2.45) is 0 Å². The summed E-state index contributed by atoms with van der Waals surface area (Å²) in [5.74, 6) is 0.0630. The largest absolute Gasteiger partial charge is 0.332 e. The number of hydrogen-bond acceptors (Lipinski definition) is 3. The number of carbonyl (C=O) groups is 2. The molecule has 0 radical (unpaired) electrons. The number of benzene rings is 1. The van der Waals surface area contributed by atoms with Crippen LogP contribution in [0.1, 0.15) is 50.5 Å². The third kappa shape index (κ3) is 6.51. The molecular formula is C22H30N2O2S. The summed E-state index contributed by atoms with van der Waals surface area (Å²) >= 11 is 1.65. The summed E-state index contributed by atoms with van der Waals surface area (Å²) in [7, 11) is 0. The van der Waals surface area contributed by atoms with Crippen molar-refractivity contribution in [3.8, 4) is 0 Å². The maximum atomic E-state index is 13.1. The average molecular weight is 387 g/mol. The first-order valence-corrected chi connectivity index (χ1v) is 10.6. The lowest BCUT2D eigenvalue weighted by Crippen LogP contribution is -2.46. The molecule has 0 aliphatic carbocycles. The number of rotatable bonds is 10. The predicted octanol–water partition coefficient (Wildman–Crippen LogP) is 4.70. The van der Waals surface area contributed by atoms with Crippen molar-refractivity contribution in [1.29, 1.82) is 0 Å². The molecule has 0 spiro atoms. The van der Waals surface area contributed by atoms with Crippen molar-refractivity contribution >= 4 is 23.2 Å². The van der Waals surface area contributed by atoms with E-state index in [9.17, 15) is 9.59 Å². The Morgan fingerprint density at radius 3 is 2.33 bits per heavy atom. The Kier molecular flexibility index (Phi) is 8.52. The van der Waals surface area contributed by atoms with E-state index in [0.29, 0.717) is 19.5 Å². The molecule has 0 saturated heterocycles. The van der Waals surface area contributed by atoms with Gasteiger partial charge in [-0.1, -0.05) is 50.2 Å². The summed E-state index contributed by atoms with van der Waals surface area (Å²) in [5, 5.41) is 2.02. The van der Waals surface area contributed by atoms with E-state index in [1.165, 1.54) is 0 Å². The summed E-state index contributed by atoms with van der Waals surface area (Å²) in [6.45, 7) is 7.32. The third-order valence-electron chi connectivity index (χ3n) is 4.71. The van der Waals surface area contributed by atoms with Crippen LogP contribution in [-0.2, 0) is 22.7 Å². The second-order valence-corrected chi connectivity index (χ2v) is 7.88. The molecule has 1 aromatic heterocycles. The fourth-order valence-corrected chi connectivity index (χ4v) is 3.66. The minimum Gasteiger partial charge on any atom is -0.332 e. The van der Waals surface area contributed by atoms with Crippen LogP contribution < -0.4 is 0 Å². The molecule has 0 bridgehead atoms. The van der Waals surface area contributed by atoms with Gasteiger partial charge in [-0.3, -0.25) is 9.59 Å². The van der Waals surface area contributed by atoms with Crippen molar-refractivity contribution in [2.45, 2.75) is 59.2 Å². The maximum absolute atomic E-state index is 13.1. The first-order valence-electron chi connectivity index (χ1n) is 9.68. The molecule has 1 aromatic carbocycles. The van der Waals surface area contributed by atoms with Crippen LogP contribution in [0.3, 0.4) is 0 Å². The van der Waals surface area contributed by atoms with Gasteiger partial charge in [0, 0.05) is 23.9 Å². The van der Waals surface area contributed by atoms with Crippen LogP contribution in [0.5, 0.6) is 0 Å². The average Bonchev–Trinajstić information content (AvgIpc) is 3.19. The predicted molar refractivity (Wildman–Crippen MR) is 111 cm³/mol. The molecule has 0 aliphatic rings. The summed E-state index contributed by atoms with van der Waals surface area (Å²) in [4.78, 5) is 30.4. The van der Waals surface area contributed by atoms with E-state index < -0.39 is 0 Å². The lowest BCUT2D eigenvalue weighted by Gasteiger charge is -2.31. The molecule has 2 amide bonds. The summed E-state index contributed by atoms with van der Waals surface area (Å²) < 4.78 is 0. The smallest absolute Gasteiger partial charge is 0.242 e. The number of hydrogen-bond donors (Lipinski definition) is 0. The fraction of sp³-hybridized carbons (Fsp3) is 0.455. The van der Waals surface area contributed by atoms with Gasteiger partial charge in [-0.05, 0) is 36.8 Å². The lowest BCUT2D eigenvalue weighted by atomic mass is 10.1. The van der Waals surface area contributed by atoms with Crippen LogP contribution in [0, 0.1) is 0 Å². The Morgan fingerprint density at radius 1 is 1.00 bits per heavy atom. The standard InChI is InChI=1S/C22H30N2O2S/c1-4-10-21(25)24(18(3)5-2)17-22(26)23(16-20-13-9-14-27-20)15-19-11-7-6-8-12-19/h6-9,11-14,18H,4-5,10,15-17H2,1-3H3/t18-/m0/s1. The van der Waals surface area contributed by atoms with Gasteiger partial charge < -0.3 is 9.80 Å². The van der Waals surface area contributed by atoms with Crippen molar-refractivity contribution in [2.75, 3.05) is 6.54 Å². The van der Waals surface area contributed by atoms with E-state index in [-0.39, 0.29) is 24.4 Å². The van der Waals surface area contributed by atoms with Gasteiger partial charge in [0.25, 0.3) is 0 Å². The molecule has 0 saturated carbocycles. The van der Waals surface area contributed by atoms with Crippen molar-refractivity contribution < 1.29 is 9.59 Å². The normalized spacial score (nSPS) is 11.8. The number of thiophene rings is 1. The molecule has 4 nitrogen and oxygen atoms in total. The fourth-order valence-electron chi connectivity index (χ4n) is 2.94. The molecule has 0 aliphatic heterocycles. The van der Waals surface area contributed by atoms with Gasteiger partial charge in [0.2, 0.25) is 11.8 Å². The van der Waals surface area contributed by atoms with E-state index >= 15 is 0 Å². The minimum atomic E-state index is -0.00277. The summed E-state index contributed by atoms with van der Waals surface area (Å²) in [5.41, 5.74) is 1.09. The highest BCUT2D eigenvalue weighted by Gasteiger charge is 2.24. The van der Waals surface area contributed by atoms with Gasteiger partial charge in [-0.25, -0.2) is 0 Å². The van der Waals surface area contributed by atoms with E-state index in [1.54, 1.807) is 16.2 Å². The van der Waals surface area contributed by atoms with Crippen molar-refractivity contribution in [3.63, 3.8) is 0 Å². The van der Waals surface area contributed by atoms with Crippen LogP contribution in [0.25, 0.3) is 0 Å². The van der Waals surface area contributed by atoms with Gasteiger partial charge in [0.15, 0.2) is 0 Å². The molecule has 2 rings (SSSR count). The molecule has 27 heavy (non-hydrogen) atoms. The quantitative estimate of drug-likeness (QED) is 0.594. The Balaban J connectivity index is 2.16. The van der Waals surface area contributed by atoms with E-state index in [1.807, 2.05) is 66.6 Å². The zero-order valence-electron chi connectivity index (χ0n) is 16.6. The molecular weight excluding hydrogens is 356 g/mol. The molecule has 5 heteroatoms. The van der Waals surface area contributed by atoms with Crippen LogP contribution in [-0.4, -0.2) is 34.2 Å². The van der Waals surface area contributed by atoms with Gasteiger partial charge in [-0.15, -0.1) is 11.3 Å². The second-order valence-electron chi connectivity index (χ2n) is 6.84.